The minimum atomic E-state index is -3.57. The van der Waals surface area contributed by atoms with E-state index in [-0.39, 0.29) is 6.54 Å². The highest BCUT2D eigenvalue weighted by atomic mass is 32.2. The van der Waals surface area contributed by atoms with Crippen molar-refractivity contribution in [1.82, 2.24) is 10.0 Å². The van der Waals surface area contributed by atoms with Crippen LogP contribution in [-0.2, 0) is 24.3 Å². The Hall–Kier alpha value is -1.93. The van der Waals surface area contributed by atoms with Gasteiger partial charge >= 0.3 is 5.97 Å². The van der Waals surface area contributed by atoms with Crippen molar-refractivity contribution in [3.05, 3.63) is 35.9 Å². The van der Waals surface area contributed by atoms with Crippen LogP contribution >= 0.6 is 0 Å². The fraction of sp³-hybridized carbons (Fsp3) is 0.529. The number of hydrogen-bond acceptors (Lipinski definition) is 5. The van der Waals surface area contributed by atoms with E-state index in [1.54, 1.807) is 45.0 Å². The number of benzene rings is 1. The average Bonchev–Trinajstić information content (AvgIpc) is 2.51. The lowest BCUT2D eigenvalue weighted by Gasteiger charge is -2.30. The molecule has 0 aromatic heterocycles. The average molecular weight is 370 g/mol. The van der Waals surface area contributed by atoms with Gasteiger partial charge in [-0.2, -0.15) is 0 Å². The normalized spacial score (nSPS) is 14.4. The predicted octanol–water partition coefficient (Wildman–Crippen LogP) is 1.02. The maximum absolute atomic E-state index is 12.5. The molecule has 2 unspecified atom stereocenters. The fourth-order valence-corrected chi connectivity index (χ4v) is 3.20. The van der Waals surface area contributed by atoms with Gasteiger partial charge in [0.2, 0.25) is 15.9 Å². The molecular weight excluding hydrogens is 344 g/mol. The summed E-state index contributed by atoms with van der Waals surface area (Å²) in [6.07, 6.45) is 1.00. The number of carbonyl (C=O) groups excluding carboxylic acids is 2. The molecule has 7 nitrogen and oxygen atoms in total. The van der Waals surface area contributed by atoms with Crippen LogP contribution < -0.4 is 10.0 Å². The minimum absolute atomic E-state index is 0.00748. The monoisotopic (exact) mass is 370 g/mol. The quantitative estimate of drug-likeness (QED) is 0.698. The van der Waals surface area contributed by atoms with Crippen LogP contribution in [0, 0.1) is 5.41 Å². The third-order valence-electron chi connectivity index (χ3n) is 3.63. The number of sulfonamides is 1. The molecule has 1 amide bonds. The van der Waals surface area contributed by atoms with E-state index < -0.39 is 39.3 Å². The van der Waals surface area contributed by atoms with Crippen LogP contribution in [0.3, 0.4) is 0 Å². The first-order chi connectivity index (χ1) is 11.5. The summed E-state index contributed by atoms with van der Waals surface area (Å²) in [6, 6.07) is 7.97. The molecule has 8 heteroatoms. The van der Waals surface area contributed by atoms with E-state index in [2.05, 4.69) is 10.0 Å². The largest absolute Gasteiger partial charge is 0.468 e. The number of esters is 1. The van der Waals surface area contributed by atoms with Crippen molar-refractivity contribution in [1.29, 1.82) is 0 Å². The summed E-state index contributed by atoms with van der Waals surface area (Å²) in [5.41, 5.74) is 0.0683. The lowest BCUT2D eigenvalue weighted by atomic mass is 9.86. The van der Waals surface area contributed by atoms with Gasteiger partial charge in [-0.1, -0.05) is 51.1 Å². The Labute approximate surface area is 149 Å². The van der Waals surface area contributed by atoms with Crippen molar-refractivity contribution in [2.24, 2.45) is 5.41 Å². The molecule has 1 aromatic carbocycles. The summed E-state index contributed by atoms with van der Waals surface area (Å²) < 4.78 is 30.2. The van der Waals surface area contributed by atoms with Gasteiger partial charge in [0.15, 0.2) is 0 Å². The summed E-state index contributed by atoms with van der Waals surface area (Å²) in [7, 11) is -2.28. The first kappa shape index (κ1) is 21.1. The Kier molecular flexibility index (Phi) is 7.13. The number of amides is 1. The van der Waals surface area contributed by atoms with Crippen molar-refractivity contribution in [3.63, 3.8) is 0 Å². The van der Waals surface area contributed by atoms with Gasteiger partial charge < -0.3 is 10.1 Å². The third kappa shape index (κ3) is 6.83. The molecule has 0 saturated heterocycles. The lowest BCUT2D eigenvalue weighted by molar-refractivity contribution is -0.142. The maximum atomic E-state index is 12.5. The van der Waals surface area contributed by atoms with E-state index in [1.807, 2.05) is 6.07 Å². The number of rotatable bonds is 7. The topological polar surface area (TPSA) is 102 Å². The molecule has 0 aliphatic rings. The SMILES string of the molecule is COC(=O)C(CNC(=O)C(NS(C)(=O)=O)C(C)(C)C)c1ccccc1. The van der Waals surface area contributed by atoms with Gasteiger partial charge in [-0.15, -0.1) is 0 Å². The summed E-state index contributed by atoms with van der Waals surface area (Å²) in [5.74, 6) is -1.65. The molecule has 0 fully saturated rings. The molecule has 0 saturated carbocycles. The van der Waals surface area contributed by atoms with E-state index in [0.29, 0.717) is 5.56 Å². The molecular formula is C17H26N2O5S. The van der Waals surface area contributed by atoms with Crippen LogP contribution in [0.15, 0.2) is 30.3 Å². The first-order valence-electron chi connectivity index (χ1n) is 7.83. The molecule has 1 aromatic rings. The molecule has 0 heterocycles. The van der Waals surface area contributed by atoms with Crippen molar-refractivity contribution in [2.45, 2.75) is 32.7 Å². The summed E-state index contributed by atoms with van der Waals surface area (Å²) in [6.45, 7) is 5.27. The van der Waals surface area contributed by atoms with Crippen LogP contribution in [0.5, 0.6) is 0 Å². The second-order valence-corrected chi connectivity index (χ2v) is 8.70. The highest BCUT2D eigenvalue weighted by molar-refractivity contribution is 7.88. The Morgan fingerprint density at radius 2 is 1.72 bits per heavy atom. The molecule has 0 aliphatic heterocycles. The van der Waals surface area contributed by atoms with Gasteiger partial charge in [-0.05, 0) is 11.0 Å². The molecule has 140 valence electrons. The van der Waals surface area contributed by atoms with Crippen LogP contribution in [0.1, 0.15) is 32.3 Å². The number of methoxy groups -OCH3 is 1. The Morgan fingerprint density at radius 3 is 2.16 bits per heavy atom. The number of nitrogens with one attached hydrogen (secondary N) is 2. The second-order valence-electron chi connectivity index (χ2n) is 6.92. The van der Waals surface area contributed by atoms with Gasteiger partial charge in [0.05, 0.1) is 19.3 Å². The summed E-state index contributed by atoms with van der Waals surface area (Å²) in [5, 5.41) is 2.66. The van der Waals surface area contributed by atoms with E-state index in [0.717, 1.165) is 6.26 Å². The molecule has 0 bridgehead atoms. The van der Waals surface area contributed by atoms with Crippen LogP contribution in [0.2, 0.25) is 0 Å². The fourth-order valence-electron chi connectivity index (χ4n) is 2.31. The van der Waals surface area contributed by atoms with Crippen LogP contribution in [-0.4, -0.2) is 46.2 Å². The standard InChI is InChI=1S/C17H26N2O5S/c1-17(2,3)14(19-25(5,22)23)15(20)18-11-13(16(21)24-4)12-9-7-6-8-10-12/h6-10,13-14,19H,11H2,1-5H3,(H,18,20). The van der Waals surface area contributed by atoms with Gasteiger partial charge in [0.1, 0.15) is 6.04 Å². The van der Waals surface area contributed by atoms with E-state index in [1.165, 1.54) is 7.11 Å². The summed E-state index contributed by atoms with van der Waals surface area (Å²) >= 11 is 0. The zero-order valence-corrected chi connectivity index (χ0v) is 16.0. The lowest BCUT2D eigenvalue weighted by Crippen LogP contribution is -2.54. The van der Waals surface area contributed by atoms with Gasteiger partial charge in [0.25, 0.3) is 0 Å². The molecule has 0 radical (unpaired) electrons. The van der Waals surface area contributed by atoms with Crippen molar-refractivity contribution in [2.75, 3.05) is 19.9 Å². The highest BCUT2D eigenvalue weighted by Gasteiger charge is 2.34. The molecule has 0 aliphatic carbocycles. The molecule has 1 rings (SSSR count). The first-order valence-corrected chi connectivity index (χ1v) is 9.72. The highest BCUT2D eigenvalue weighted by Crippen LogP contribution is 2.21. The molecule has 0 spiro atoms. The molecule has 2 N–H and O–H groups in total. The maximum Gasteiger partial charge on any atom is 0.314 e. The molecule has 25 heavy (non-hydrogen) atoms. The predicted molar refractivity (Wildman–Crippen MR) is 95.4 cm³/mol. The van der Waals surface area contributed by atoms with E-state index in [4.69, 9.17) is 4.74 Å². The minimum Gasteiger partial charge on any atom is -0.468 e. The van der Waals surface area contributed by atoms with Crippen molar-refractivity contribution in [3.8, 4) is 0 Å². The Bertz CT molecular complexity index is 695. The Morgan fingerprint density at radius 1 is 1.16 bits per heavy atom. The van der Waals surface area contributed by atoms with Crippen LogP contribution in [0.4, 0.5) is 0 Å². The Balaban J connectivity index is 2.93. The second kappa shape index (κ2) is 8.44. The van der Waals surface area contributed by atoms with Gasteiger partial charge in [0, 0.05) is 6.54 Å². The number of ether oxygens (including phenoxy) is 1. The molecule has 2 atom stereocenters. The van der Waals surface area contributed by atoms with Crippen molar-refractivity contribution >= 4 is 21.9 Å². The van der Waals surface area contributed by atoms with E-state index in [9.17, 15) is 18.0 Å². The van der Waals surface area contributed by atoms with Crippen LogP contribution in [0.25, 0.3) is 0 Å². The van der Waals surface area contributed by atoms with Gasteiger partial charge in [-0.25, -0.2) is 13.1 Å². The van der Waals surface area contributed by atoms with Crippen molar-refractivity contribution < 1.29 is 22.7 Å². The zero-order chi connectivity index (χ0) is 19.3. The third-order valence-corrected chi connectivity index (χ3v) is 4.29. The van der Waals surface area contributed by atoms with E-state index >= 15 is 0 Å². The van der Waals surface area contributed by atoms with Gasteiger partial charge in [-0.3, -0.25) is 9.59 Å². The number of hydrogen-bond donors (Lipinski definition) is 2. The smallest absolute Gasteiger partial charge is 0.314 e. The number of carbonyl (C=O) groups is 2. The summed E-state index contributed by atoms with van der Waals surface area (Å²) in [4.78, 5) is 24.6. The zero-order valence-electron chi connectivity index (χ0n) is 15.2.